The van der Waals surface area contributed by atoms with Crippen molar-refractivity contribution in [2.75, 3.05) is 7.05 Å². The summed E-state index contributed by atoms with van der Waals surface area (Å²) >= 11 is 0. The van der Waals surface area contributed by atoms with Gasteiger partial charge in [0.05, 0.1) is 11.1 Å². The Morgan fingerprint density at radius 1 is 1.06 bits per heavy atom. The summed E-state index contributed by atoms with van der Waals surface area (Å²) < 4.78 is 11.7. The fourth-order valence-corrected chi connectivity index (χ4v) is 4.56. The molecule has 1 aliphatic rings. The summed E-state index contributed by atoms with van der Waals surface area (Å²) in [4.78, 5) is 33.1. The first kappa shape index (κ1) is 22.9. The second-order valence-corrected chi connectivity index (χ2v) is 9.34. The molecule has 6 nitrogen and oxygen atoms in total. The number of hydrogen-bond acceptors (Lipinski definition) is 6. The number of para-hydroxylation sites is 1. The third-order valence-electron chi connectivity index (χ3n) is 6.64. The van der Waals surface area contributed by atoms with Crippen LogP contribution in [0.5, 0.6) is 0 Å². The Morgan fingerprint density at radius 2 is 1.76 bits per heavy atom. The van der Waals surface area contributed by atoms with E-state index in [1.807, 2.05) is 42.5 Å². The van der Waals surface area contributed by atoms with Crippen molar-refractivity contribution in [3.05, 3.63) is 78.0 Å². The average Bonchev–Trinajstić information content (AvgIpc) is 2.80. The van der Waals surface area contributed by atoms with Crippen molar-refractivity contribution in [1.82, 2.24) is 9.88 Å². The molecule has 1 aromatic heterocycles. The van der Waals surface area contributed by atoms with Gasteiger partial charge >= 0.3 is 11.9 Å². The first-order valence-electron chi connectivity index (χ1n) is 11.3. The molecule has 0 spiro atoms. The molecule has 0 amide bonds. The van der Waals surface area contributed by atoms with Gasteiger partial charge in [0.2, 0.25) is 6.10 Å². The van der Waals surface area contributed by atoms with E-state index in [2.05, 4.69) is 37.7 Å². The molecule has 3 unspecified atom stereocenters. The van der Waals surface area contributed by atoms with E-state index in [9.17, 15) is 9.59 Å². The zero-order chi connectivity index (χ0) is 23.6. The number of carbonyl (C=O) groups is 2. The quantitative estimate of drug-likeness (QED) is 0.517. The van der Waals surface area contributed by atoms with Crippen molar-refractivity contribution in [1.29, 1.82) is 0 Å². The van der Waals surface area contributed by atoms with E-state index < -0.39 is 18.0 Å². The Hall–Kier alpha value is -3.25. The molecule has 0 bridgehead atoms. The first-order valence-corrected chi connectivity index (χ1v) is 11.3. The second kappa shape index (κ2) is 9.32. The molecular weight excluding hydrogens is 416 g/mol. The Bertz CT molecular complexity index is 1140. The van der Waals surface area contributed by atoms with Gasteiger partial charge in [-0.05, 0) is 46.4 Å². The van der Waals surface area contributed by atoms with Gasteiger partial charge in [0, 0.05) is 35.1 Å². The lowest BCUT2D eigenvalue weighted by Crippen LogP contribution is -2.54. The van der Waals surface area contributed by atoms with Crippen molar-refractivity contribution in [2.24, 2.45) is 0 Å². The van der Waals surface area contributed by atoms with Crippen LogP contribution in [-0.4, -0.2) is 46.6 Å². The predicted octanol–water partition coefficient (Wildman–Crippen LogP) is 4.94. The molecule has 4 rings (SSSR count). The average molecular weight is 447 g/mol. The third-order valence-corrected chi connectivity index (χ3v) is 6.64. The van der Waals surface area contributed by atoms with Crippen molar-refractivity contribution in [3.8, 4) is 0 Å². The number of aromatic nitrogens is 1. The van der Waals surface area contributed by atoms with Crippen molar-refractivity contribution < 1.29 is 19.1 Å². The molecule has 6 heteroatoms. The molecule has 0 radical (unpaired) electrons. The Balaban J connectivity index is 1.58. The number of rotatable bonds is 5. The molecule has 3 aromatic rings. The van der Waals surface area contributed by atoms with Gasteiger partial charge in [-0.25, -0.2) is 9.59 Å². The standard InChI is InChI=1S/C27H30N2O4/c1-18-16-20(17-27(2,3)29(18)4)32-26(31)24(19-10-6-5-7-11-19)33-25(30)22-14-15-28-23-13-9-8-12-21(22)23/h5-15,18,20,24H,16-17H2,1-4H3. The Labute approximate surface area is 194 Å². The third kappa shape index (κ3) is 4.91. The van der Waals surface area contributed by atoms with Gasteiger partial charge in [0.15, 0.2) is 0 Å². The highest BCUT2D eigenvalue weighted by Crippen LogP contribution is 2.33. The van der Waals surface area contributed by atoms with E-state index >= 15 is 0 Å². The molecule has 3 atom stereocenters. The summed E-state index contributed by atoms with van der Waals surface area (Å²) in [5, 5.41) is 0.677. The topological polar surface area (TPSA) is 68.7 Å². The van der Waals surface area contributed by atoms with Gasteiger partial charge < -0.3 is 9.47 Å². The number of esters is 2. The van der Waals surface area contributed by atoms with Crippen molar-refractivity contribution in [3.63, 3.8) is 0 Å². The Kier molecular flexibility index (Phi) is 6.47. The summed E-state index contributed by atoms with van der Waals surface area (Å²) in [5.41, 5.74) is 1.53. The van der Waals surface area contributed by atoms with Crippen LogP contribution in [0.2, 0.25) is 0 Å². The summed E-state index contributed by atoms with van der Waals surface area (Å²) in [6.45, 7) is 6.42. The van der Waals surface area contributed by atoms with E-state index in [1.165, 1.54) is 0 Å². The van der Waals surface area contributed by atoms with Gasteiger partial charge in [-0.15, -0.1) is 0 Å². The van der Waals surface area contributed by atoms with Gasteiger partial charge in [0.25, 0.3) is 0 Å². The lowest BCUT2D eigenvalue weighted by Gasteiger charge is -2.47. The lowest BCUT2D eigenvalue weighted by atomic mass is 9.85. The number of likely N-dealkylation sites (tertiary alicyclic amines) is 1. The maximum absolute atomic E-state index is 13.3. The number of nitrogens with zero attached hydrogens (tertiary/aromatic N) is 2. The van der Waals surface area contributed by atoms with Crippen LogP contribution in [0.25, 0.3) is 10.9 Å². The van der Waals surface area contributed by atoms with Gasteiger partial charge in [-0.3, -0.25) is 9.88 Å². The van der Waals surface area contributed by atoms with Crippen molar-refractivity contribution >= 4 is 22.8 Å². The number of ether oxygens (including phenoxy) is 2. The van der Waals surface area contributed by atoms with Crippen molar-refractivity contribution in [2.45, 2.75) is 57.4 Å². The second-order valence-electron chi connectivity index (χ2n) is 9.34. The van der Waals surface area contributed by atoms with Crippen LogP contribution >= 0.6 is 0 Å². The van der Waals surface area contributed by atoms with Crippen LogP contribution < -0.4 is 0 Å². The molecule has 0 aliphatic carbocycles. The highest BCUT2D eigenvalue weighted by molar-refractivity contribution is 6.03. The summed E-state index contributed by atoms with van der Waals surface area (Å²) in [6.07, 6.45) is 1.62. The van der Waals surface area contributed by atoms with Gasteiger partial charge in [-0.2, -0.15) is 0 Å². The molecule has 1 fully saturated rings. The minimum Gasteiger partial charge on any atom is -0.459 e. The molecule has 1 saturated heterocycles. The fraction of sp³-hybridized carbons (Fsp3) is 0.370. The number of fused-ring (bicyclic) bond motifs is 1. The largest absolute Gasteiger partial charge is 0.459 e. The monoisotopic (exact) mass is 446 g/mol. The number of carbonyl (C=O) groups excluding carboxylic acids is 2. The van der Waals surface area contributed by atoms with Crippen LogP contribution in [-0.2, 0) is 14.3 Å². The molecular formula is C27H30N2O4. The minimum absolute atomic E-state index is 0.0997. The van der Waals surface area contributed by atoms with Crippen LogP contribution in [0.3, 0.4) is 0 Å². The minimum atomic E-state index is -1.15. The first-order chi connectivity index (χ1) is 15.8. The summed E-state index contributed by atoms with van der Waals surface area (Å²) in [5.74, 6) is -1.14. The number of benzene rings is 2. The predicted molar refractivity (Wildman–Crippen MR) is 127 cm³/mol. The molecule has 2 aromatic carbocycles. The van der Waals surface area contributed by atoms with E-state index in [1.54, 1.807) is 24.4 Å². The Morgan fingerprint density at radius 3 is 2.48 bits per heavy atom. The van der Waals surface area contributed by atoms with Crippen LogP contribution in [0, 0.1) is 0 Å². The molecule has 2 heterocycles. The maximum atomic E-state index is 13.3. The van der Waals surface area contributed by atoms with E-state index in [4.69, 9.17) is 9.47 Å². The van der Waals surface area contributed by atoms with Crippen LogP contribution in [0.4, 0.5) is 0 Å². The van der Waals surface area contributed by atoms with E-state index in [-0.39, 0.29) is 17.7 Å². The summed E-state index contributed by atoms with van der Waals surface area (Å²) in [7, 11) is 2.09. The summed E-state index contributed by atoms with van der Waals surface area (Å²) in [6, 6.07) is 18.2. The lowest BCUT2D eigenvalue weighted by molar-refractivity contribution is -0.166. The highest BCUT2D eigenvalue weighted by atomic mass is 16.6. The zero-order valence-corrected chi connectivity index (χ0v) is 19.5. The number of piperidine rings is 1. The zero-order valence-electron chi connectivity index (χ0n) is 19.5. The molecule has 172 valence electrons. The normalized spacial score (nSPS) is 21.3. The van der Waals surface area contributed by atoms with E-state index in [0.717, 1.165) is 6.42 Å². The smallest absolute Gasteiger partial charge is 0.352 e. The maximum Gasteiger partial charge on any atom is 0.352 e. The highest BCUT2D eigenvalue weighted by Gasteiger charge is 2.39. The van der Waals surface area contributed by atoms with Crippen LogP contribution in [0.1, 0.15) is 55.6 Å². The number of pyridine rings is 1. The SMILES string of the molecule is CC1CC(OC(=O)C(OC(=O)c2ccnc3ccccc23)c2ccccc2)CC(C)(C)N1C. The molecule has 33 heavy (non-hydrogen) atoms. The number of hydrogen-bond donors (Lipinski definition) is 0. The van der Waals surface area contributed by atoms with Crippen LogP contribution in [0.15, 0.2) is 66.9 Å². The fourth-order valence-electron chi connectivity index (χ4n) is 4.56. The van der Waals surface area contributed by atoms with Gasteiger partial charge in [-0.1, -0.05) is 48.5 Å². The molecule has 0 N–H and O–H groups in total. The molecule has 1 aliphatic heterocycles. The van der Waals surface area contributed by atoms with E-state index in [0.29, 0.717) is 28.5 Å². The van der Waals surface area contributed by atoms with Gasteiger partial charge in [0.1, 0.15) is 6.10 Å². The molecule has 0 saturated carbocycles.